The molecule has 3 aliphatic heterocycles. The van der Waals surface area contributed by atoms with Crippen LogP contribution in [0.3, 0.4) is 0 Å². The van der Waals surface area contributed by atoms with Crippen molar-refractivity contribution in [3.63, 3.8) is 0 Å². The Bertz CT molecular complexity index is 1390. The number of carbonyl (C=O) groups is 4. The zero-order valence-electron chi connectivity index (χ0n) is 36.5. The minimum Gasteiger partial charge on any atom is -0.462 e. The van der Waals surface area contributed by atoms with Crippen LogP contribution < -0.4 is 0 Å². The van der Waals surface area contributed by atoms with Crippen LogP contribution in [0.5, 0.6) is 0 Å². The number of allylic oxidation sites excluding steroid dienone is 2. The molecule has 2 saturated heterocycles. The first-order valence-corrected chi connectivity index (χ1v) is 20.4. The topological polar surface area (TPSA) is 206 Å². The molecule has 3 N–H and O–H groups in total. The third-order valence-electron chi connectivity index (χ3n) is 10.9. The number of likely N-dealkylation sites (N-methyl/N-ethyl adjacent to an activating group) is 1. The molecule has 0 aliphatic carbocycles. The summed E-state index contributed by atoms with van der Waals surface area (Å²) in [6.07, 6.45) is -4.11. The van der Waals surface area contributed by atoms with Gasteiger partial charge in [-0.15, -0.1) is 12.4 Å². The highest BCUT2D eigenvalue weighted by molar-refractivity contribution is 5.85. The third kappa shape index (κ3) is 15.4. The molecule has 0 aromatic rings. The summed E-state index contributed by atoms with van der Waals surface area (Å²) in [5.74, 6) is -2.82. The molecule has 0 saturated carbocycles. The van der Waals surface area contributed by atoms with Crippen molar-refractivity contribution >= 4 is 36.6 Å². The van der Waals surface area contributed by atoms with E-state index in [1.165, 1.54) is 14.0 Å². The second kappa shape index (κ2) is 24.2. The number of rotatable bonds is 12. The van der Waals surface area contributed by atoms with E-state index in [2.05, 4.69) is 0 Å². The Labute approximate surface area is 355 Å². The minimum absolute atomic E-state index is 0. The Morgan fingerprint density at radius 2 is 1.69 bits per heavy atom. The van der Waals surface area contributed by atoms with Crippen molar-refractivity contribution in [3.8, 4) is 0 Å². The lowest BCUT2D eigenvalue weighted by atomic mass is 9.82. The Morgan fingerprint density at radius 1 is 1.02 bits per heavy atom. The summed E-state index contributed by atoms with van der Waals surface area (Å²) in [5.41, 5.74) is -1.50. The van der Waals surface area contributed by atoms with Crippen LogP contribution >= 0.6 is 12.4 Å². The van der Waals surface area contributed by atoms with Gasteiger partial charge in [0.25, 0.3) is 0 Å². The molecule has 16 nitrogen and oxygen atoms in total. The van der Waals surface area contributed by atoms with Crippen molar-refractivity contribution < 1.29 is 72.4 Å². The van der Waals surface area contributed by atoms with Crippen molar-refractivity contribution in [3.05, 3.63) is 24.3 Å². The summed E-state index contributed by atoms with van der Waals surface area (Å²) in [4.78, 5) is 52.3. The number of carbonyl (C=O) groups excluding carboxylic acids is 4. The smallest absolute Gasteiger partial charge is 0.309 e. The molecule has 16 atom stereocenters. The van der Waals surface area contributed by atoms with Gasteiger partial charge >= 0.3 is 17.9 Å². The number of hydrogen-bond acceptors (Lipinski definition) is 16. The Kier molecular flexibility index (Phi) is 21.6. The van der Waals surface area contributed by atoms with E-state index >= 15 is 0 Å². The number of hydrogen-bond donors (Lipinski definition) is 3. The van der Waals surface area contributed by atoms with Gasteiger partial charge in [-0.3, -0.25) is 14.4 Å². The van der Waals surface area contributed by atoms with Gasteiger partial charge in [-0.25, -0.2) is 0 Å². The molecule has 3 rings (SSSR count). The normalized spacial score (nSPS) is 38.9. The molecule has 2 fully saturated rings. The average molecular weight is 864 g/mol. The van der Waals surface area contributed by atoms with Gasteiger partial charge in [-0.2, -0.15) is 0 Å². The van der Waals surface area contributed by atoms with Gasteiger partial charge < -0.3 is 62.9 Å². The van der Waals surface area contributed by atoms with Crippen LogP contribution in [-0.4, -0.2) is 151 Å². The number of esters is 3. The monoisotopic (exact) mass is 863 g/mol. The highest BCUT2D eigenvalue weighted by Gasteiger charge is 2.53. The first-order valence-electron chi connectivity index (χ1n) is 20.4. The number of aliphatic hydroxyl groups is 3. The predicted octanol–water partition coefficient (Wildman–Crippen LogP) is 3.44. The molecule has 0 spiro atoms. The van der Waals surface area contributed by atoms with Gasteiger partial charge in [0, 0.05) is 39.7 Å². The van der Waals surface area contributed by atoms with Crippen LogP contribution in [-0.2, 0) is 57.1 Å². The zero-order chi connectivity index (χ0) is 43.5. The summed E-state index contributed by atoms with van der Waals surface area (Å²) >= 11 is 0. The van der Waals surface area contributed by atoms with Crippen LogP contribution in [0.15, 0.2) is 24.3 Å². The SMILES string of the molecule is COC1[C@@H](O[C@@H]2O[C@H](C)[C@@H](O[C@H]3C[C@@](C)(O)[C@@H](OC(=O)CC(C)C)[C@H](C)O3)[C@H](N(C)C)[C@H]2O)[C@@H](CC=O)C[C@@H](C)[C@@H](O)C=CC=CC[C@@H](C)OC(=O)C[C@H]1OC(C)=O.Cl. The maximum absolute atomic E-state index is 13.2. The lowest BCUT2D eigenvalue weighted by Gasteiger charge is -2.50. The molecule has 0 bridgehead atoms. The Balaban J connectivity index is 0.0000120. The van der Waals surface area contributed by atoms with Crippen LogP contribution in [0.25, 0.3) is 0 Å². The van der Waals surface area contributed by atoms with E-state index in [0.29, 0.717) is 12.7 Å². The quantitative estimate of drug-likeness (QED) is 0.146. The highest BCUT2D eigenvalue weighted by atomic mass is 35.5. The maximum atomic E-state index is 13.2. The fourth-order valence-corrected chi connectivity index (χ4v) is 8.08. The molecular formula is C42H70ClNO15. The van der Waals surface area contributed by atoms with Crippen LogP contribution in [0, 0.1) is 17.8 Å². The molecule has 59 heavy (non-hydrogen) atoms. The molecule has 3 heterocycles. The fourth-order valence-electron chi connectivity index (χ4n) is 8.08. The van der Waals surface area contributed by atoms with Crippen molar-refractivity contribution in [2.45, 2.75) is 179 Å². The lowest BCUT2D eigenvalue weighted by molar-refractivity contribution is -0.344. The van der Waals surface area contributed by atoms with E-state index in [4.69, 9.17) is 37.9 Å². The van der Waals surface area contributed by atoms with Crippen molar-refractivity contribution in [1.29, 1.82) is 0 Å². The lowest BCUT2D eigenvalue weighted by Crippen LogP contribution is -2.66. The van der Waals surface area contributed by atoms with E-state index in [0.717, 1.165) is 0 Å². The summed E-state index contributed by atoms with van der Waals surface area (Å²) in [6, 6.07) is -0.782. The van der Waals surface area contributed by atoms with Gasteiger partial charge in [0.1, 0.15) is 42.4 Å². The largest absolute Gasteiger partial charge is 0.462 e. The molecule has 0 aromatic carbocycles. The van der Waals surface area contributed by atoms with E-state index in [1.54, 1.807) is 71.0 Å². The fraction of sp³-hybridized carbons (Fsp3) is 0.810. The summed E-state index contributed by atoms with van der Waals surface area (Å²) in [7, 11) is 4.86. The summed E-state index contributed by atoms with van der Waals surface area (Å²) in [5, 5.41) is 34.6. The van der Waals surface area contributed by atoms with Gasteiger partial charge in [-0.05, 0) is 66.0 Å². The number of aliphatic hydroxyl groups excluding tert-OH is 2. The first-order chi connectivity index (χ1) is 27.2. The van der Waals surface area contributed by atoms with Gasteiger partial charge in [0.15, 0.2) is 18.7 Å². The number of ether oxygens (including phenoxy) is 8. The average Bonchev–Trinajstić information content (AvgIpc) is 3.09. The van der Waals surface area contributed by atoms with Crippen molar-refractivity contribution in [2.24, 2.45) is 17.8 Å². The number of nitrogens with zero attached hydrogens (tertiary/aromatic N) is 1. The Hall–Kier alpha value is -2.51. The molecule has 340 valence electrons. The molecule has 0 radical (unpaired) electrons. The van der Waals surface area contributed by atoms with E-state index in [9.17, 15) is 34.5 Å². The third-order valence-corrected chi connectivity index (χ3v) is 10.9. The molecular weight excluding hydrogens is 794 g/mol. The molecule has 0 amide bonds. The van der Waals surface area contributed by atoms with Crippen molar-refractivity contribution in [1.82, 2.24) is 4.90 Å². The van der Waals surface area contributed by atoms with Crippen LogP contribution in [0.2, 0.25) is 0 Å². The number of aldehydes is 1. The molecule has 1 unspecified atom stereocenters. The van der Waals surface area contributed by atoms with Crippen molar-refractivity contribution in [2.75, 3.05) is 21.2 Å². The van der Waals surface area contributed by atoms with Gasteiger partial charge in [-0.1, -0.05) is 45.1 Å². The van der Waals surface area contributed by atoms with Crippen LogP contribution in [0.1, 0.15) is 93.9 Å². The number of methoxy groups -OCH3 is 1. The highest BCUT2D eigenvalue weighted by Crippen LogP contribution is 2.38. The van der Waals surface area contributed by atoms with Crippen LogP contribution in [0.4, 0.5) is 0 Å². The van der Waals surface area contributed by atoms with E-state index in [-0.39, 0.29) is 44.0 Å². The summed E-state index contributed by atoms with van der Waals surface area (Å²) < 4.78 is 48.6. The number of cyclic esters (lactones) is 1. The first kappa shape index (κ1) is 52.6. The minimum atomic E-state index is -1.50. The molecule has 0 aromatic heterocycles. The van der Waals surface area contributed by atoms with Gasteiger partial charge in [0.2, 0.25) is 0 Å². The number of halogens is 1. The standard InChI is InChI=1S/C42H69NO15.ClH/c1-23(2)19-32(47)56-40-27(6)53-34(22-42(40,8)50)57-37-26(5)54-41(36(49)35(37)43(9)10)58-38-29(17-18-44)20-24(3)30(46)16-14-12-13-15-25(4)52-33(48)21-31(39(38)51-11)55-28(7)45;/h12-14,16,18,23-27,29-31,34-41,46,49-50H,15,17,19-22H2,1-11H3;1H/t24-,25-,26-,27+,29+,30+,31-,34+,35-,36-,37-,38+,39?,40+,41+,42-;/m1./s1. The second-order valence-corrected chi connectivity index (χ2v) is 17.0. The van der Waals surface area contributed by atoms with E-state index < -0.39 is 121 Å². The molecule has 3 aliphatic rings. The maximum Gasteiger partial charge on any atom is 0.309 e. The second-order valence-electron chi connectivity index (χ2n) is 17.0. The summed E-state index contributed by atoms with van der Waals surface area (Å²) in [6.45, 7) is 13.5. The molecule has 17 heteroatoms. The predicted molar refractivity (Wildman–Crippen MR) is 217 cm³/mol. The van der Waals surface area contributed by atoms with E-state index in [1.807, 2.05) is 20.8 Å². The zero-order valence-corrected chi connectivity index (χ0v) is 37.3. The van der Waals surface area contributed by atoms with Gasteiger partial charge in [0.05, 0.1) is 36.9 Å². The Morgan fingerprint density at radius 3 is 2.27 bits per heavy atom.